The normalized spacial score (nSPS) is 21.1. The topological polar surface area (TPSA) is 40.6 Å². The Labute approximate surface area is 161 Å². The minimum absolute atomic E-state index is 0.224. The van der Waals surface area contributed by atoms with Gasteiger partial charge in [0.15, 0.2) is 0 Å². The third-order valence-corrected chi connectivity index (χ3v) is 5.32. The van der Waals surface area contributed by atoms with Crippen molar-refractivity contribution in [3.8, 4) is 0 Å². The monoisotopic (exact) mass is 390 g/mol. The van der Waals surface area contributed by atoms with Crippen LogP contribution in [0.2, 0.25) is 0 Å². The first kappa shape index (κ1) is 19.9. The summed E-state index contributed by atoms with van der Waals surface area (Å²) in [6, 6.07) is 12.6. The zero-order valence-corrected chi connectivity index (χ0v) is 15.8. The average Bonchev–Trinajstić information content (AvgIpc) is 2.91. The van der Waals surface area contributed by atoms with Gasteiger partial charge in [0.2, 0.25) is 5.91 Å². The van der Waals surface area contributed by atoms with Crippen LogP contribution in [0, 0.1) is 0 Å². The zero-order valence-electron chi connectivity index (χ0n) is 15.8. The first-order valence-corrected chi connectivity index (χ1v) is 8.95. The van der Waals surface area contributed by atoms with Gasteiger partial charge in [-0.2, -0.15) is 13.2 Å². The molecule has 2 aromatic rings. The van der Waals surface area contributed by atoms with Gasteiger partial charge in [0.05, 0.1) is 23.6 Å². The van der Waals surface area contributed by atoms with Crippen LogP contribution in [0.4, 0.5) is 18.0 Å². The summed E-state index contributed by atoms with van der Waals surface area (Å²) < 4.78 is 39.1. The molecule has 0 aliphatic carbocycles. The molecule has 0 spiro atoms. The number of imide groups is 1. The highest BCUT2D eigenvalue weighted by Gasteiger charge is 2.46. The molecule has 3 rings (SSSR count). The van der Waals surface area contributed by atoms with Crippen molar-refractivity contribution in [3.05, 3.63) is 71.3 Å². The molecule has 1 saturated heterocycles. The molecule has 0 radical (unpaired) electrons. The number of benzene rings is 2. The van der Waals surface area contributed by atoms with Crippen LogP contribution in [-0.2, 0) is 11.0 Å². The predicted molar refractivity (Wildman–Crippen MR) is 98.5 cm³/mol. The number of carbonyl (C=O) groups excluding carboxylic acids is 2. The summed E-state index contributed by atoms with van der Waals surface area (Å²) in [6.45, 7) is 3.37. The van der Waals surface area contributed by atoms with E-state index in [1.165, 1.54) is 28.9 Å². The van der Waals surface area contributed by atoms with Crippen LogP contribution >= 0.6 is 0 Å². The molecule has 0 bridgehead atoms. The van der Waals surface area contributed by atoms with E-state index in [1.807, 2.05) is 37.3 Å². The third-order valence-electron chi connectivity index (χ3n) is 5.32. The van der Waals surface area contributed by atoms with E-state index in [4.69, 9.17) is 0 Å². The van der Waals surface area contributed by atoms with E-state index in [1.54, 1.807) is 7.05 Å². The van der Waals surface area contributed by atoms with E-state index in [0.29, 0.717) is 0 Å². The molecule has 3 amide bonds. The second-order valence-corrected chi connectivity index (χ2v) is 7.04. The van der Waals surface area contributed by atoms with Gasteiger partial charge >= 0.3 is 12.2 Å². The van der Waals surface area contributed by atoms with Gasteiger partial charge in [-0.1, -0.05) is 48.5 Å². The van der Waals surface area contributed by atoms with Crippen molar-refractivity contribution in [3.63, 3.8) is 0 Å². The fourth-order valence-corrected chi connectivity index (χ4v) is 3.54. The van der Waals surface area contributed by atoms with Crippen LogP contribution < -0.4 is 0 Å². The van der Waals surface area contributed by atoms with Crippen LogP contribution in [0.5, 0.6) is 0 Å². The Balaban J connectivity index is 1.96. The Hall–Kier alpha value is -2.83. The number of likely N-dealkylation sites (N-methyl/N-ethyl adjacent to an activating group) is 1. The van der Waals surface area contributed by atoms with Gasteiger partial charge in [-0.15, -0.1) is 0 Å². The molecule has 4 nitrogen and oxygen atoms in total. The van der Waals surface area contributed by atoms with E-state index < -0.39 is 35.6 Å². The maximum Gasteiger partial charge on any atom is 0.416 e. The summed E-state index contributed by atoms with van der Waals surface area (Å²) >= 11 is 0. The van der Waals surface area contributed by atoms with Gasteiger partial charge in [0.25, 0.3) is 0 Å². The van der Waals surface area contributed by atoms with Crippen molar-refractivity contribution >= 4 is 11.9 Å². The lowest BCUT2D eigenvalue weighted by atomic mass is 9.95. The highest BCUT2D eigenvalue weighted by atomic mass is 19.4. The number of halogens is 3. The lowest BCUT2D eigenvalue weighted by molar-refractivity contribution is -0.138. The number of carbonyl (C=O) groups is 2. The maximum absolute atomic E-state index is 13.2. The van der Waals surface area contributed by atoms with E-state index in [9.17, 15) is 22.8 Å². The van der Waals surface area contributed by atoms with Gasteiger partial charge in [-0.05, 0) is 31.0 Å². The lowest BCUT2D eigenvalue weighted by Crippen LogP contribution is -2.38. The van der Waals surface area contributed by atoms with Crippen molar-refractivity contribution in [1.29, 1.82) is 0 Å². The summed E-state index contributed by atoms with van der Waals surface area (Å²) in [5, 5.41) is 0. The molecule has 1 fully saturated rings. The number of hydrogen-bond donors (Lipinski definition) is 0. The van der Waals surface area contributed by atoms with Gasteiger partial charge < -0.3 is 4.90 Å². The summed E-state index contributed by atoms with van der Waals surface area (Å²) in [5.41, 5.74) is 0.210. The van der Waals surface area contributed by atoms with Crippen molar-refractivity contribution in [2.24, 2.45) is 0 Å². The van der Waals surface area contributed by atoms with E-state index in [0.717, 1.165) is 17.7 Å². The molecule has 0 N–H and O–H groups in total. The number of rotatable bonds is 3. The van der Waals surface area contributed by atoms with Gasteiger partial charge in [-0.3, -0.25) is 9.69 Å². The van der Waals surface area contributed by atoms with E-state index in [-0.39, 0.29) is 11.6 Å². The fraction of sp³-hybridized carbons (Fsp3) is 0.333. The summed E-state index contributed by atoms with van der Waals surface area (Å²) in [4.78, 5) is 28.6. The van der Waals surface area contributed by atoms with E-state index in [2.05, 4.69) is 0 Å². The number of urea groups is 1. The molecule has 0 unspecified atom stereocenters. The van der Waals surface area contributed by atoms with Crippen molar-refractivity contribution in [1.82, 2.24) is 9.80 Å². The van der Waals surface area contributed by atoms with Crippen molar-refractivity contribution in [2.75, 3.05) is 7.05 Å². The minimum Gasteiger partial charge on any atom is -0.322 e. The Morgan fingerprint density at radius 3 is 2.32 bits per heavy atom. The molecule has 0 saturated carbocycles. The largest absolute Gasteiger partial charge is 0.416 e. The minimum atomic E-state index is -4.50. The summed E-state index contributed by atoms with van der Waals surface area (Å²) in [7, 11) is 1.62. The third kappa shape index (κ3) is 3.48. The molecule has 1 aliphatic rings. The number of amides is 3. The van der Waals surface area contributed by atoms with Crippen molar-refractivity contribution in [2.45, 2.75) is 38.0 Å². The second-order valence-electron chi connectivity index (χ2n) is 7.04. The van der Waals surface area contributed by atoms with Crippen LogP contribution in [0.15, 0.2) is 54.6 Å². The lowest BCUT2D eigenvalue weighted by Gasteiger charge is -2.26. The zero-order chi connectivity index (χ0) is 20.6. The van der Waals surface area contributed by atoms with Crippen LogP contribution in [0.1, 0.15) is 42.5 Å². The van der Waals surface area contributed by atoms with Gasteiger partial charge in [0, 0.05) is 7.05 Å². The standard InChI is InChI=1S/C21H21F3N2O2/c1-13(16-10-7-11-17(12-16)21(22,23)24)19(27)26-18(14(2)25(3)20(26)28)15-8-5-4-6-9-15/h4-14,18H,1-3H3/t13-,14+,18+/m1/s1. The quantitative estimate of drug-likeness (QED) is 0.753. The average molecular weight is 390 g/mol. The SMILES string of the molecule is C[C@@H](C(=O)N1C(=O)N(C)[C@@H](C)[C@H]1c1ccccc1)c1cccc(C(F)(F)F)c1. The number of nitrogens with zero attached hydrogens (tertiary/aromatic N) is 2. The van der Waals surface area contributed by atoms with Crippen molar-refractivity contribution < 1.29 is 22.8 Å². The Kier molecular flexibility index (Phi) is 5.19. The summed E-state index contributed by atoms with van der Waals surface area (Å²) in [6.07, 6.45) is -4.50. The Morgan fingerprint density at radius 2 is 1.71 bits per heavy atom. The molecule has 1 heterocycles. The first-order chi connectivity index (χ1) is 13.1. The Bertz CT molecular complexity index is 883. The summed E-state index contributed by atoms with van der Waals surface area (Å²) in [5.74, 6) is -1.41. The Morgan fingerprint density at radius 1 is 1.07 bits per heavy atom. The van der Waals surface area contributed by atoms with E-state index >= 15 is 0 Å². The second kappa shape index (κ2) is 7.30. The molecular formula is C21H21F3N2O2. The highest BCUT2D eigenvalue weighted by molar-refractivity contribution is 5.99. The number of alkyl halides is 3. The smallest absolute Gasteiger partial charge is 0.322 e. The molecule has 3 atom stereocenters. The van der Waals surface area contributed by atoms with Crippen LogP contribution in [0.25, 0.3) is 0 Å². The van der Waals surface area contributed by atoms with Gasteiger partial charge in [-0.25, -0.2) is 4.79 Å². The van der Waals surface area contributed by atoms with Gasteiger partial charge in [0.1, 0.15) is 0 Å². The maximum atomic E-state index is 13.2. The number of hydrogen-bond acceptors (Lipinski definition) is 2. The molecular weight excluding hydrogens is 369 g/mol. The molecule has 148 valence electrons. The molecule has 0 aromatic heterocycles. The fourth-order valence-electron chi connectivity index (χ4n) is 3.54. The molecule has 1 aliphatic heterocycles. The highest BCUT2D eigenvalue weighted by Crippen LogP contribution is 2.37. The van der Waals surface area contributed by atoms with Crippen LogP contribution in [-0.4, -0.2) is 34.8 Å². The molecule has 28 heavy (non-hydrogen) atoms. The van der Waals surface area contributed by atoms with Crippen LogP contribution in [0.3, 0.4) is 0 Å². The predicted octanol–water partition coefficient (Wildman–Crippen LogP) is 4.83. The molecule has 2 aromatic carbocycles. The first-order valence-electron chi connectivity index (χ1n) is 8.95. The molecule has 7 heteroatoms.